The van der Waals surface area contributed by atoms with E-state index in [1.165, 1.54) is 6.07 Å². The number of amides is 1. The molecule has 0 fully saturated rings. The molecular formula is C16H19FN2O2. The third-order valence-electron chi connectivity index (χ3n) is 3.02. The molecular weight excluding hydrogens is 271 g/mol. The van der Waals surface area contributed by atoms with Gasteiger partial charge in [-0.1, -0.05) is 13.8 Å². The number of pyridine rings is 1. The van der Waals surface area contributed by atoms with E-state index in [0.717, 1.165) is 10.8 Å². The number of nitrogens with zero attached hydrogens (tertiary/aromatic N) is 1. The predicted octanol–water partition coefficient (Wildman–Crippen LogP) is 3.30. The summed E-state index contributed by atoms with van der Waals surface area (Å²) in [6.45, 7) is 4.65. The molecule has 4 nitrogen and oxygen atoms in total. The predicted molar refractivity (Wildman–Crippen MR) is 79.6 cm³/mol. The number of rotatable bonds is 5. The second-order valence-electron chi connectivity index (χ2n) is 5.34. The van der Waals surface area contributed by atoms with Gasteiger partial charge in [-0.05, 0) is 41.5 Å². The first-order valence-corrected chi connectivity index (χ1v) is 6.99. The molecule has 0 radical (unpaired) electrons. The molecule has 0 unspecified atom stereocenters. The van der Waals surface area contributed by atoms with Crippen molar-refractivity contribution in [2.75, 3.05) is 13.2 Å². The maximum absolute atomic E-state index is 13.9. The van der Waals surface area contributed by atoms with Crippen LogP contribution in [0.4, 0.5) is 9.18 Å². The van der Waals surface area contributed by atoms with Gasteiger partial charge in [-0.3, -0.25) is 4.98 Å². The summed E-state index contributed by atoms with van der Waals surface area (Å²) in [5, 5.41) is 4.32. The molecule has 1 aromatic heterocycles. The van der Waals surface area contributed by atoms with Gasteiger partial charge in [-0.15, -0.1) is 0 Å². The number of hydrogen-bond donors (Lipinski definition) is 1. The zero-order valence-electron chi connectivity index (χ0n) is 12.2. The average molecular weight is 290 g/mol. The van der Waals surface area contributed by atoms with Crippen LogP contribution < -0.4 is 5.32 Å². The second-order valence-corrected chi connectivity index (χ2v) is 5.34. The summed E-state index contributed by atoms with van der Waals surface area (Å²) >= 11 is 0. The number of ether oxygens (including phenoxy) is 1. The Morgan fingerprint density at radius 3 is 2.95 bits per heavy atom. The van der Waals surface area contributed by atoms with Crippen LogP contribution in [0.15, 0.2) is 30.6 Å². The summed E-state index contributed by atoms with van der Waals surface area (Å²) in [6, 6.07) is 5.09. The van der Waals surface area contributed by atoms with E-state index < -0.39 is 6.09 Å². The Morgan fingerprint density at radius 1 is 1.38 bits per heavy atom. The van der Waals surface area contributed by atoms with Crippen molar-refractivity contribution in [3.05, 3.63) is 42.0 Å². The molecule has 21 heavy (non-hydrogen) atoms. The lowest BCUT2D eigenvalue weighted by molar-refractivity contribution is 0.133. The summed E-state index contributed by atoms with van der Waals surface area (Å²) in [5.74, 6) is 0.00939. The van der Waals surface area contributed by atoms with Crippen molar-refractivity contribution < 1.29 is 13.9 Å². The highest BCUT2D eigenvalue weighted by atomic mass is 19.1. The number of nitrogens with one attached hydrogen (secondary N) is 1. The minimum atomic E-state index is -0.464. The molecule has 0 aliphatic carbocycles. The van der Waals surface area contributed by atoms with E-state index in [9.17, 15) is 9.18 Å². The highest BCUT2D eigenvalue weighted by Gasteiger charge is 2.07. The van der Waals surface area contributed by atoms with Crippen molar-refractivity contribution in [2.45, 2.75) is 20.3 Å². The van der Waals surface area contributed by atoms with Crippen LogP contribution in [-0.2, 0) is 11.2 Å². The summed E-state index contributed by atoms with van der Waals surface area (Å²) < 4.78 is 18.9. The normalized spacial score (nSPS) is 10.9. The smallest absolute Gasteiger partial charge is 0.407 e. The lowest BCUT2D eigenvalue weighted by atomic mass is 10.1. The Balaban J connectivity index is 1.91. The van der Waals surface area contributed by atoms with E-state index in [2.05, 4.69) is 10.3 Å². The van der Waals surface area contributed by atoms with Crippen LogP contribution in [0.3, 0.4) is 0 Å². The lowest BCUT2D eigenvalue weighted by Crippen LogP contribution is -2.27. The largest absolute Gasteiger partial charge is 0.449 e. The zero-order valence-corrected chi connectivity index (χ0v) is 12.2. The van der Waals surface area contributed by atoms with Crippen molar-refractivity contribution in [3.8, 4) is 0 Å². The first-order valence-electron chi connectivity index (χ1n) is 6.99. The van der Waals surface area contributed by atoms with Gasteiger partial charge in [0.1, 0.15) is 5.82 Å². The summed E-state index contributed by atoms with van der Waals surface area (Å²) in [5.41, 5.74) is 0.567. The number of benzene rings is 1. The summed E-state index contributed by atoms with van der Waals surface area (Å²) in [7, 11) is 0. The van der Waals surface area contributed by atoms with Crippen molar-refractivity contribution in [1.82, 2.24) is 10.3 Å². The standard InChI is InChI=1S/C16H19FN2O2/c1-11(2)10-21-16(20)19-6-4-13-7-12-3-5-18-9-14(12)8-15(13)17/h3,5,7-9,11H,4,6,10H2,1-2H3,(H,19,20). The summed E-state index contributed by atoms with van der Waals surface area (Å²) in [4.78, 5) is 15.4. The van der Waals surface area contributed by atoms with Crippen LogP contribution in [0.25, 0.3) is 10.8 Å². The highest BCUT2D eigenvalue weighted by molar-refractivity contribution is 5.82. The molecule has 0 saturated heterocycles. The number of hydrogen-bond acceptors (Lipinski definition) is 3. The van der Waals surface area contributed by atoms with E-state index in [0.29, 0.717) is 31.1 Å². The van der Waals surface area contributed by atoms with Crippen LogP contribution in [0.1, 0.15) is 19.4 Å². The van der Waals surface area contributed by atoms with E-state index in [1.807, 2.05) is 19.9 Å². The van der Waals surface area contributed by atoms with Gasteiger partial charge >= 0.3 is 6.09 Å². The van der Waals surface area contributed by atoms with Crippen LogP contribution in [0.2, 0.25) is 0 Å². The molecule has 0 atom stereocenters. The number of fused-ring (bicyclic) bond motifs is 1. The van der Waals surface area contributed by atoms with Gasteiger partial charge in [0.05, 0.1) is 6.61 Å². The molecule has 0 saturated carbocycles. The molecule has 0 aliphatic rings. The third-order valence-corrected chi connectivity index (χ3v) is 3.02. The Morgan fingerprint density at radius 2 is 2.19 bits per heavy atom. The van der Waals surface area contributed by atoms with Crippen LogP contribution in [-0.4, -0.2) is 24.2 Å². The monoisotopic (exact) mass is 290 g/mol. The van der Waals surface area contributed by atoms with Gasteiger partial charge in [0.15, 0.2) is 0 Å². The fraction of sp³-hybridized carbons (Fsp3) is 0.375. The van der Waals surface area contributed by atoms with Crippen molar-refractivity contribution in [3.63, 3.8) is 0 Å². The van der Waals surface area contributed by atoms with Gasteiger partial charge in [0.25, 0.3) is 0 Å². The maximum Gasteiger partial charge on any atom is 0.407 e. The van der Waals surface area contributed by atoms with Gasteiger partial charge in [-0.25, -0.2) is 9.18 Å². The van der Waals surface area contributed by atoms with E-state index >= 15 is 0 Å². The molecule has 1 heterocycles. The van der Waals surface area contributed by atoms with Crippen LogP contribution in [0, 0.1) is 11.7 Å². The topological polar surface area (TPSA) is 51.2 Å². The van der Waals surface area contributed by atoms with Crippen molar-refractivity contribution in [2.24, 2.45) is 5.92 Å². The molecule has 0 aliphatic heterocycles. The first-order chi connectivity index (χ1) is 10.1. The molecule has 2 rings (SSSR count). The van der Waals surface area contributed by atoms with Gasteiger partial charge in [0, 0.05) is 24.3 Å². The number of aromatic nitrogens is 1. The van der Waals surface area contributed by atoms with Gasteiger partial charge in [0.2, 0.25) is 0 Å². The lowest BCUT2D eigenvalue weighted by Gasteiger charge is -2.09. The fourth-order valence-electron chi connectivity index (χ4n) is 1.94. The Kier molecular flexibility index (Phi) is 5.09. The molecule has 1 N–H and O–H groups in total. The molecule has 2 aromatic rings. The molecule has 1 aromatic carbocycles. The quantitative estimate of drug-likeness (QED) is 0.919. The van der Waals surface area contributed by atoms with E-state index in [1.54, 1.807) is 18.5 Å². The van der Waals surface area contributed by atoms with E-state index in [4.69, 9.17) is 4.74 Å². The number of halogens is 1. The molecule has 1 amide bonds. The first kappa shape index (κ1) is 15.2. The molecule has 112 valence electrons. The third kappa shape index (κ3) is 4.41. The number of carbonyl (C=O) groups excluding carboxylic acids is 1. The fourth-order valence-corrected chi connectivity index (χ4v) is 1.94. The van der Waals surface area contributed by atoms with Crippen LogP contribution in [0.5, 0.6) is 0 Å². The van der Waals surface area contributed by atoms with Crippen molar-refractivity contribution >= 4 is 16.9 Å². The molecule has 0 bridgehead atoms. The van der Waals surface area contributed by atoms with Crippen LogP contribution >= 0.6 is 0 Å². The van der Waals surface area contributed by atoms with Gasteiger partial charge in [-0.2, -0.15) is 0 Å². The number of alkyl carbamates (subject to hydrolysis) is 1. The highest BCUT2D eigenvalue weighted by Crippen LogP contribution is 2.18. The van der Waals surface area contributed by atoms with E-state index in [-0.39, 0.29) is 5.82 Å². The Labute approximate surface area is 123 Å². The molecule has 5 heteroatoms. The second kappa shape index (κ2) is 7.02. The Hall–Kier alpha value is -2.17. The number of carbonyl (C=O) groups is 1. The maximum atomic E-state index is 13.9. The SMILES string of the molecule is CC(C)COC(=O)NCCc1cc2ccncc2cc1F. The average Bonchev–Trinajstić information content (AvgIpc) is 2.45. The summed E-state index contributed by atoms with van der Waals surface area (Å²) in [6.07, 6.45) is 3.25. The minimum Gasteiger partial charge on any atom is -0.449 e. The zero-order chi connectivity index (χ0) is 15.2. The van der Waals surface area contributed by atoms with Crippen molar-refractivity contribution in [1.29, 1.82) is 0 Å². The Bertz CT molecular complexity index is 629. The van der Waals surface area contributed by atoms with Gasteiger partial charge < -0.3 is 10.1 Å². The molecule has 0 spiro atoms. The minimum absolute atomic E-state index is 0.284.